The average molecular weight is 170 g/mol. The second kappa shape index (κ2) is 6.24. The SMILES string of the molecule is CCCCC/C=C/C[N+](C)(C)C. The highest BCUT2D eigenvalue weighted by atomic mass is 15.3. The first-order valence-corrected chi connectivity index (χ1v) is 5.01. The Morgan fingerprint density at radius 2 is 1.67 bits per heavy atom. The first kappa shape index (κ1) is 11.7. The number of hydrogen-bond donors (Lipinski definition) is 0. The maximum absolute atomic E-state index is 2.32. The third kappa shape index (κ3) is 9.70. The quantitative estimate of drug-likeness (QED) is 0.327. The Kier molecular flexibility index (Phi) is 6.09. The Morgan fingerprint density at radius 1 is 1.00 bits per heavy atom. The highest BCUT2D eigenvalue weighted by molar-refractivity contribution is 4.80. The maximum Gasteiger partial charge on any atom is 0.0967 e. The van der Waals surface area contributed by atoms with Crippen LogP contribution in [0.1, 0.15) is 32.6 Å². The fraction of sp³-hybridized carbons (Fsp3) is 0.818. The van der Waals surface area contributed by atoms with Gasteiger partial charge >= 0.3 is 0 Å². The van der Waals surface area contributed by atoms with E-state index < -0.39 is 0 Å². The molecule has 0 radical (unpaired) electrons. The molecule has 0 aromatic carbocycles. The van der Waals surface area contributed by atoms with Crippen LogP contribution in [0.2, 0.25) is 0 Å². The molecule has 0 amide bonds. The number of hydrogen-bond acceptors (Lipinski definition) is 0. The normalized spacial score (nSPS) is 12.7. The van der Waals surface area contributed by atoms with Gasteiger partial charge in [0, 0.05) is 0 Å². The van der Waals surface area contributed by atoms with Crippen molar-refractivity contribution in [3.63, 3.8) is 0 Å². The van der Waals surface area contributed by atoms with E-state index in [0.29, 0.717) is 0 Å². The van der Waals surface area contributed by atoms with E-state index >= 15 is 0 Å². The standard InChI is InChI=1S/C11H24N/c1-5-6-7-8-9-10-11-12(2,3)4/h9-10H,5-8,11H2,1-4H3/q+1/b10-9+. The predicted molar refractivity (Wildman–Crippen MR) is 56.2 cm³/mol. The summed E-state index contributed by atoms with van der Waals surface area (Å²) in [7, 11) is 6.66. The summed E-state index contributed by atoms with van der Waals surface area (Å²) in [4.78, 5) is 0. The van der Waals surface area contributed by atoms with Crippen molar-refractivity contribution in [2.24, 2.45) is 0 Å². The molecule has 1 nitrogen and oxygen atoms in total. The van der Waals surface area contributed by atoms with Gasteiger partial charge in [-0.25, -0.2) is 0 Å². The topological polar surface area (TPSA) is 0 Å². The lowest BCUT2D eigenvalue weighted by atomic mass is 10.2. The molecule has 0 fully saturated rings. The minimum atomic E-state index is 1.03. The Balaban J connectivity index is 3.26. The second-order valence-corrected chi connectivity index (χ2v) is 4.44. The third-order valence-electron chi connectivity index (χ3n) is 1.79. The molecule has 0 unspecified atom stereocenters. The zero-order valence-corrected chi connectivity index (χ0v) is 9.14. The van der Waals surface area contributed by atoms with Crippen molar-refractivity contribution in [3.05, 3.63) is 12.2 Å². The first-order valence-electron chi connectivity index (χ1n) is 5.01. The molecule has 0 heterocycles. The van der Waals surface area contributed by atoms with E-state index in [0.717, 1.165) is 11.0 Å². The molecule has 0 N–H and O–H groups in total. The molecule has 1 heteroatoms. The van der Waals surface area contributed by atoms with Gasteiger partial charge in [-0.15, -0.1) is 0 Å². The Morgan fingerprint density at radius 3 is 2.17 bits per heavy atom. The summed E-state index contributed by atoms with van der Waals surface area (Å²) < 4.78 is 1.03. The molecule has 0 atom stereocenters. The Labute approximate surface area is 77.7 Å². The molecule has 0 saturated heterocycles. The summed E-state index contributed by atoms with van der Waals surface area (Å²) in [5.74, 6) is 0. The van der Waals surface area contributed by atoms with Crippen LogP contribution in [0.5, 0.6) is 0 Å². The summed E-state index contributed by atoms with van der Waals surface area (Å²) >= 11 is 0. The first-order chi connectivity index (χ1) is 5.56. The van der Waals surface area contributed by atoms with E-state index in [9.17, 15) is 0 Å². The monoisotopic (exact) mass is 170 g/mol. The molecule has 0 rings (SSSR count). The summed E-state index contributed by atoms with van der Waals surface area (Å²) in [6, 6.07) is 0. The molecule has 0 aromatic rings. The van der Waals surface area contributed by atoms with Crippen LogP contribution in [-0.2, 0) is 0 Å². The van der Waals surface area contributed by atoms with Crippen molar-refractivity contribution in [3.8, 4) is 0 Å². The second-order valence-electron chi connectivity index (χ2n) is 4.44. The number of likely N-dealkylation sites (N-methyl/N-ethyl adjacent to an activating group) is 1. The van der Waals surface area contributed by atoms with E-state index in [1.165, 1.54) is 25.7 Å². The molecule has 0 aliphatic carbocycles. The van der Waals surface area contributed by atoms with Gasteiger partial charge in [-0.3, -0.25) is 0 Å². The van der Waals surface area contributed by atoms with Crippen LogP contribution in [0.4, 0.5) is 0 Å². The zero-order chi connectivity index (χ0) is 9.45. The minimum Gasteiger partial charge on any atom is -0.328 e. The number of nitrogens with zero attached hydrogens (tertiary/aromatic N) is 1. The summed E-state index contributed by atoms with van der Waals surface area (Å²) in [6.45, 7) is 3.39. The number of unbranched alkanes of at least 4 members (excludes halogenated alkanes) is 3. The van der Waals surface area contributed by atoms with Gasteiger partial charge in [-0.05, 0) is 18.9 Å². The fourth-order valence-corrected chi connectivity index (χ4v) is 1.02. The van der Waals surface area contributed by atoms with E-state index in [1.807, 2.05) is 0 Å². The van der Waals surface area contributed by atoms with Crippen molar-refractivity contribution < 1.29 is 4.48 Å². The number of quaternary nitrogens is 1. The number of allylic oxidation sites excluding steroid dienone is 1. The van der Waals surface area contributed by atoms with Crippen LogP contribution >= 0.6 is 0 Å². The van der Waals surface area contributed by atoms with Crippen molar-refractivity contribution >= 4 is 0 Å². The number of rotatable bonds is 6. The van der Waals surface area contributed by atoms with Crippen molar-refractivity contribution in [1.82, 2.24) is 0 Å². The van der Waals surface area contributed by atoms with Crippen molar-refractivity contribution in [1.29, 1.82) is 0 Å². The van der Waals surface area contributed by atoms with E-state index in [4.69, 9.17) is 0 Å². The molecule has 0 bridgehead atoms. The highest BCUT2D eigenvalue weighted by Crippen LogP contribution is 2.00. The summed E-state index contributed by atoms with van der Waals surface area (Å²) in [6.07, 6.45) is 9.92. The van der Waals surface area contributed by atoms with E-state index in [2.05, 4.69) is 40.2 Å². The van der Waals surface area contributed by atoms with Crippen LogP contribution in [0.25, 0.3) is 0 Å². The van der Waals surface area contributed by atoms with Gasteiger partial charge in [0.15, 0.2) is 0 Å². The van der Waals surface area contributed by atoms with Crippen LogP contribution < -0.4 is 0 Å². The van der Waals surface area contributed by atoms with Crippen LogP contribution in [-0.4, -0.2) is 32.2 Å². The van der Waals surface area contributed by atoms with Crippen LogP contribution in [0.15, 0.2) is 12.2 Å². The molecular weight excluding hydrogens is 146 g/mol. The summed E-state index contributed by atoms with van der Waals surface area (Å²) in [5, 5.41) is 0. The lowest BCUT2D eigenvalue weighted by Crippen LogP contribution is -2.34. The predicted octanol–water partition coefficient (Wildman–Crippen LogP) is 2.83. The molecule has 12 heavy (non-hydrogen) atoms. The zero-order valence-electron chi connectivity index (χ0n) is 9.14. The average Bonchev–Trinajstić information content (AvgIpc) is 1.94. The lowest BCUT2D eigenvalue weighted by Gasteiger charge is -2.21. The smallest absolute Gasteiger partial charge is 0.0967 e. The van der Waals surface area contributed by atoms with Crippen molar-refractivity contribution in [2.45, 2.75) is 32.6 Å². The van der Waals surface area contributed by atoms with Gasteiger partial charge in [0.1, 0.15) is 0 Å². The van der Waals surface area contributed by atoms with Gasteiger partial charge < -0.3 is 4.48 Å². The minimum absolute atomic E-state index is 1.03. The molecule has 0 aliphatic rings. The maximum atomic E-state index is 2.32. The fourth-order valence-electron chi connectivity index (χ4n) is 1.02. The largest absolute Gasteiger partial charge is 0.328 e. The van der Waals surface area contributed by atoms with Gasteiger partial charge in [0.05, 0.1) is 27.7 Å². The lowest BCUT2D eigenvalue weighted by molar-refractivity contribution is -0.864. The van der Waals surface area contributed by atoms with Gasteiger partial charge in [0.25, 0.3) is 0 Å². The molecule has 72 valence electrons. The molecular formula is C11H24N+. The van der Waals surface area contributed by atoms with Crippen LogP contribution in [0, 0.1) is 0 Å². The molecule has 0 aromatic heterocycles. The van der Waals surface area contributed by atoms with Gasteiger partial charge in [0.2, 0.25) is 0 Å². The Bertz CT molecular complexity index is 119. The van der Waals surface area contributed by atoms with Gasteiger partial charge in [-0.1, -0.05) is 25.8 Å². The van der Waals surface area contributed by atoms with Gasteiger partial charge in [-0.2, -0.15) is 0 Å². The molecule has 0 spiro atoms. The third-order valence-corrected chi connectivity index (χ3v) is 1.79. The highest BCUT2D eigenvalue weighted by Gasteiger charge is 2.00. The summed E-state index contributed by atoms with van der Waals surface area (Å²) in [5.41, 5.74) is 0. The van der Waals surface area contributed by atoms with Crippen molar-refractivity contribution in [2.75, 3.05) is 27.7 Å². The Hall–Kier alpha value is -0.300. The van der Waals surface area contributed by atoms with Crippen LogP contribution in [0.3, 0.4) is 0 Å². The van der Waals surface area contributed by atoms with E-state index in [1.54, 1.807) is 0 Å². The molecule has 0 aliphatic heterocycles. The van der Waals surface area contributed by atoms with E-state index in [-0.39, 0.29) is 0 Å². The molecule has 0 saturated carbocycles.